The van der Waals surface area contributed by atoms with Crippen molar-refractivity contribution in [3.8, 4) is 5.75 Å². The predicted molar refractivity (Wildman–Crippen MR) is 88.7 cm³/mol. The van der Waals surface area contributed by atoms with Gasteiger partial charge in [-0.3, -0.25) is 9.69 Å². The number of aliphatic hydroxyl groups is 1. The highest BCUT2D eigenvalue weighted by Crippen LogP contribution is 2.30. The Labute approximate surface area is 146 Å². The van der Waals surface area contributed by atoms with E-state index >= 15 is 0 Å². The van der Waals surface area contributed by atoms with E-state index in [1.807, 2.05) is 23.1 Å². The highest BCUT2D eigenvalue weighted by molar-refractivity contribution is 5.78. The molecule has 0 unspecified atom stereocenters. The predicted octanol–water partition coefficient (Wildman–Crippen LogP) is 1.76. The monoisotopic (exact) mass is 354 g/mol. The van der Waals surface area contributed by atoms with Crippen molar-refractivity contribution in [2.45, 2.75) is 30.8 Å². The standard InChI is InChI=1S/C18H24F2N2O3/c19-18(20)7-9-21(10-8-18)13-17(24)6-11-22(14-17)16(23)12-25-15-4-2-1-3-5-15/h1-5,24H,6-14H2/t17-/m0/s1. The Balaban J connectivity index is 1.46. The number of amides is 1. The van der Waals surface area contributed by atoms with Crippen molar-refractivity contribution in [3.05, 3.63) is 30.3 Å². The van der Waals surface area contributed by atoms with Gasteiger partial charge in [-0.05, 0) is 18.6 Å². The molecule has 0 aliphatic carbocycles. The lowest BCUT2D eigenvalue weighted by atomic mass is 10.00. The third-order valence-corrected chi connectivity index (χ3v) is 4.90. The second kappa shape index (κ2) is 7.25. The lowest BCUT2D eigenvalue weighted by Crippen LogP contribution is -2.50. The molecule has 1 aromatic carbocycles. The summed E-state index contributed by atoms with van der Waals surface area (Å²) in [6.07, 6.45) is 0.115. The first-order valence-corrected chi connectivity index (χ1v) is 8.64. The number of piperidine rings is 1. The van der Waals surface area contributed by atoms with E-state index < -0.39 is 11.5 Å². The van der Waals surface area contributed by atoms with Crippen molar-refractivity contribution in [1.29, 1.82) is 0 Å². The molecule has 5 nitrogen and oxygen atoms in total. The molecule has 3 rings (SSSR count). The maximum Gasteiger partial charge on any atom is 0.260 e. The van der Waals surface area contributed by atoms with Gasteiger partial charge in [-0.2, -0.15) is 0 Å². The van der Waals surface area contributed by atoms with Crippen molar-refractivity contribution in [2.24, 2.45) is 0 Å². The van der Waals surface area contributed by atoms with Gasteiger partial charge in [-0.15, -0.1) is 0 Å². The molecular formula is C18H24F2N2O3. The number of β-amino-alcohol motifs (C(OH)–C–C–N with tert-alkyl or cyclic N) is 1. The maximum atomic E-state index is 13.2. The van der Waals surface area contributed by atoms with Gasteiger partial charge in [0.15, 0.2) is 6.61 Å². The van der Waals surface area contributed by atoms with Crippen LogP contribution in [0.15, 0.2) is 30.3 Å². The van der Waals surface area contributed by atoms with Gasteiger partial charge in [0.25, 0.3) is 11.8 Å². The molecule has 0 bridgehead atoms. The molecule has 0 radical (unpaired) electrons. The smallest absolute Gasteiger partial charge is 0.260 e. The molecule has 25 heavy (non-hydrogen) atoms. The van der Waals surface area contributed by atoms with Crippen molar-refractivity contribution < 1.29 is 23.4 Å². The largest absolute Gasteiger partial charge is 0.484 e. The SMILES string of the molecule is O=C(COc1ccccc1)N1CC[C@](O)(CN2CCC(F)(F)CC2)C1. The fourth-order valence-electron chi connectivity index (χ4n) is 3.41. The molecule has 2 aliphatic heterocycles. The van der Waals surface area contributed by atoms with Gasteiger partial charge in [0.1, 0.15) is 5.75 Å². The highest BCUT2D eigenvalue weighted by atomic mass is 19.3. The third kappa shape index (κ3) is 4.89. The van der Waals surface area contributed by atoms with Crippen LogP contribution in [0.1, 0.15) is 19.3 Å². The maximum absolute atomic E-state index is 13.2. The Morgan fingerprint density at radius 1 is 1.12 bits per heavy atom. The Morgan fingerprint density at radius 2 is 1.80 bits per heavy atom. The van der Waals surface area contributed by atoms with E-state index in [9.17, 15) is 18.7 Å². The zero-order chi connectivity index (χ0) is 17.9. The molecule has 138 valence electrons. The van der Waals surface area contributed by atoms with Crippen molar-refractivity contribution in [1.82, 2.24) is 9.80 Å². The fourth-order valence-corrected chi connectivity index (χ4v) is 3.41. The summed E-state index contributed by atoms with van der Waals surface area (Å²) in [6.45, 7) is 1.48. The van der Waals surface area contributed by atoms with Gasteiger partial charge in [0.05, 0.1) is 12.1 Å². The van der Waals surface area contributed by atoms with Gasteiger partial charge >= 0.3 is 0 Å². The zero-order valence-electron chi connectivity index (χ0n) is 14.2. The number of para-hydroxylation sites is 1. The highest BCUT2D eigenvalue weighted by Gasteiger charge is 2.42. The van der Waals surface area contributed by atoms with Crippen molar-refractivity contribution in [2.75, 3.05) is 39.3 Å². The van der Waals surface area contributed by atoms with Gasteiger partial charge < -0.3 is 14.7 Å². The second-order valence-electron chi connectivity index (χ2n) is 7.02. The number of hydrogen-bond donors (Lipinski definition) is 1. The molecule has 1 N–H and O–H groups in total. The number of carbonyl (C=O) groups is 1. The lowest BCUT2D eigenvalue weighted by Gasteiger charge is -2.36. The summed E-state index contributed by atoms with van der Waals surface area (Å²) in [5.74, 6) is -2.14. The average molecular weight is 354 g/mol. The molecule has 1 atom stereocenters. The Hall–Kier alpha value is -1.73. The summed E-state index contributed by atoms with van der Waals surface area (Å²) < 4.78 is 31.9. The van der Waals surface area contributed by atoms with Crippen LogP contribution in [0.3, 0.4) is 0 Å². The number of benzene rings is 1. The molecule has 1 amide bonds. The number of halogens is 2. The topological polar surface area (TPSA) is 53.0 Å². The second-order valence-corrected chi connectivity index (χ2v) is 7.02. The van der Waals surface area contributed by atoms with Crippen molar-refractivity contribution in [3.63, 3.8) is 0 Å². The summed E-state index contributed by atoms with van der Waals surface area (Å²) in [6, 6.07) is 9.08. The number of ether oxygens (including phenoxy) is 1. The van der Waals surface area contributed by atoms with Crippen LogP contribution >= 0.6 is 0 Å². The minimum absolute atomic E-state index is 0.0734. The van der Waals surface area contributed by atoms with E-state index in [0.29, 0.717) is 25.3 Å². The minimum Gasteiger partial charge on any atom is -0.484 e. The first-order valence-electron chi connectivity index (χ1n) is 8.64. The van der Waals surface area contributed by atoms with E-state index in [1.54, 1.807) is 17.0 Å². The fraction of sp³-hybridized carbons (Fsp3) is 0.611. The van der Waals surface area contributed by atoms with E-state index in [-0.39, 0.29) is 45.0 Å². The minimum atomic E-state index is -2.59. The summed E-state index contributed by atoms with van der Waals surface area (Å²) in [7, 11) is 0. The van der Waals surface area contributed by atoms with Gasteiger partial charge in [0.2, 0.25) is 0 Å². The summed E-state index contributed by atoms with van der Waals surface area (Å²) in [5.41, 5.74) is -1.03. The number of rotatable bonds is 5. The summed E-state index contributed by atoms with van der Waals surface area (Å²) >= 11 is 0. The lowest BCUT2D eigenvalue weighted by molar-refractivity contribution is -0.133. The Morgan fingerprint density at radius 3 is 2.48 bits per heavy atom. The number of nitrogens with zero attached hydrogens (tertiary/aromatic N) is 2. The molecule has 0 spiro atoms. The number of likely N-dealkylation sites (tertiary alicyclic amines) is 2. The Bertz CT molecular complexity index is 589. The number of carbonyl (C=O) groups excluding carboxylic acids is 1. The molecular weight excluding hydrogens is 330 g/mol. The normalized spacial score (nSPS) is 26.6. The van der Waals surface area contributed by atoms with Gasteiger partial charge in [-0.1, -0.05) is 18.2 Å². The van der Waals surface area contributed by atoms with Gasteiger partial charge in [-0.25, -0.2) is 8.78 Å². The first-order chi connectivity index (χ1) is 11.9. The third-order valence-electron chi connectivity index (χ3n) is 4.90. The number of hydrogen-bond acceptors (Lipinski definition) is 4. The van der Waals surface area contributed by atoms with Crippen molar-refractivity contribution >= 4 is 5.91 Å². The Kier molecular flexibility index (Phi) is 5.24. The molecule has 0 saturated carbocycles. The van der Waals surface area contributed by atoms with Crippen LogP contribution in [-0.2, 0) is 4.79 Å². The molecule has 2 fully saturated rings. The van der Waals surface area contributed by atoms with Crippen LogP contribution in [0.25, 0.3) is 0 Å². The average Bonchev–Trinajstić information content (AvgIpc) is 2.98. The zero-order valence-corrected chi connectivity index (χ0v) is 14.2. The molecule has 7 heteroatoms. The quantitative estimate of drug-likeness (QED) is 0.876. The molecule has 1 aromatic rings. The molecule has 0 aromatic heterocycles. The van der Waals surface area contributed by atoms with Crippen LogP contribution in [0.5, 0.6) is 5.75 Å². The number of alkyl halides is 2. The van der Waals surface area contributed by atoms with E-state index in [1.165, 1.54) is 0 Å². The van der Waals surface area contributed by atoms with Crippen LogP contribution < -0.4 is 4.74 Å². The van der Waals surface area contributed by atoms with Crippen LogP contribution in [-0.4, -0.2) is 71.7 Å². The van der Waals surface area contributed by atoms with Gasteiger partial charge in [0, 0.05) is 39.0 Å². The van der Waals surface area contributed by atoms with Crippen LogP contribution in [0.4, 0.5) is 8.78 Å². The van der Waals surface area contributed by atoms with Crippen LogP contribution in [0, 0.1) is 0 Å². The summed E-state index contributed by atoms with van der Waals surface area (Å²) in [4.78, 5) is 15.7. The molecule has 2 heterocycles. The molecule has 2 saturated heterocycles. The summed E-state index contributed by atoms with van der Waals surface area (Å²) in [5, 5.41) is 10.7. The molecule has 2 aliphatic rings. The van der Waals surface area contributed by atoms with E-state index in [2.05, 4.69) is 0 Å². The van der Waals surface area contributed by atoms with Crippen LogP contribution in [0.2, 0.25) is 0 Å². The first kappa shape index (κ1) is 18.1. The van der Waals surface area contributed by atoms with E-state index in [0.717, 1.165) is 0 Å². The van der Waals surface area contributed by atoms with E-state index in [4.69, 9.17) is 4.74 Å².